The fourth-order valence-corrected chi connectivity index (χ4v) is 2.16. The monoisotopic (exact) mass is 225 g/mol. The summed E-state index contributed by atoms with van der Waals surface area (Å²) in [7, 11) is 0. The van der Waals surface area contributed by atoms with Crippen LogP contribution < -0.4 is 10.1 Å². The average molecular weight is 225 g/mol. The Morgan fingerprint density at radius 1 is 1.00 bits per heavy atom. The predicted octanol–water partition coefficient (Wildman–Crippen LogP) is 3.67. The smallest absolute Gasteiger partial charge is 0.204 e. The van der Waals surface area contributed by atoms with Crippen LogP contribution in [0.15, 0.2) is 48.5 Å². The molecule has 0 spiro atoms. The molecule has 0 fully saturated rings. The molecule has 86 valence electrons. The molecule has 1 atom stereocenters. The molecule has 2 aromatic carbocycles. The second kappa shape index (κ2) is 3.52. The number of aryl methyl sites for hydroxylation is 1. The molecule has 0 saturated carbocycles. The fourth-order valence-electron chi connectivity index (χ4n) is 2.16. The molecule has 1 unspecified atom stereocenters. The van der Waals surface area contributed by atoms with Gasteiger partial charge in [0.15, 0.2) is 0 Å². The van der Waals surface area contributed by atoms with Crippen LogP contribution in [0.3, 0.4) is 0 Å². The Morgan fingerprint density at radius 3 is 2.41 bits per heavy atom. The van der Waals surface area contributed by atoms with Crippen molar-refractivity contribution in [2.75, 3.05) is 5.32 Å². The second-order valence-corrected chi connectivity index (χ2v) is 4.62. The van der Waals surface area contributed by atoms with Crippen molar-refractivity contribution in [3.8, 4) is 5.75 Å². The van der Waals surface area contributed by atoms with E-state index in [1.807, 2.05) is 24.3 Å². The largest absolute Gasteiger partial charge is 0.462 e. The van der Waals surface area contributed by atoms with Crippen LogP contribution in [-0.2, 0) is 5.72 Å². The van der Waals surface area contributed by atoms with Crippen molar-refractivity contribution >= 4 is 5.69 Å². The first kappa shape index (κ1) is 10.2. The van der Waals surface area contributed by atoms with Crippen molar-refractivity contribution in [2.24, 2.45) is 0 Å². The third-order valence-electron chi connectivity index (χ3n) is 3.18. The number of rotatable bonds is 1. The Kier molecular flexibility index (Phi) is 2.11. The Morgan fingerprint density at radius 2 is 1.71 bits per heavy atom. The highest BCUT2D eigenvalue weighted by Gasteiger charge is 2.35. The summed E-state index contributed by atoms with van der Waals surface area (Å²) in [6.45, 7) is 4.14. The number of fused-ring (bicyclic) bond motifs is 1. The highest BCUT2D eigenvalue weighted by Crippen LogP contribution is 2.41. The molecule has 0 aromatic heterocycles. The van der Waals surface area contributed by atoms with Crippen LogP contribution in [0, 0.1) is 6.92 Å². The number of para-hydroxylation sites is 2. The summed E-state index contributed by atoms with van der Waals surface area (Å²) < 4.78 is 6.01. The molecule has 0 amide bonds. The quantitative estimate of drug-likeness (QED) is 0.799. The molecule has 2 aromatic rings. The molecular formula is C15H15NO. The van der Waals surface area contributed by atoms with Gasteiger partial charge >= 0.3 is 0 Å². The molecule has 2 heteroatoms. The van der Waals surface area contributed by atoms with Gasteiger partial charge in [-0.15, -0.1) is 0 Å². The van der Waals surface area contributed by atoms with Crippen LogP contribution in [0.5, 0.6) is 5.75 Å². The van der Waals surface area contributed by atoms with Gasteiger partial charge in [-0.25, -0.2) is 0 Å². The van der Waals surface area contributed by atoms with Crippen molar-refractivity contribution in [3.63, 3.8) is 0 Å². The first-order valence-electron chi connectivity index (χ1n) is 5.81. The van der Waals surface area contributed by atoms with E-state index in [0.717, 1.165) is 17.0 Å². The van der Waals surface area contributed by atoms with Crippen molar-refractivity contribution in [1.29, 1.82) is 0 Å². The molecule has 0 saturated heterocycles. The number of benzene rings is 2. The van der Waals surface area contributed by atoms with Gasteiger partial charge in [-0.3, -0.25) is 0 Å². The third kappa shape index (κ3) is 1.66. The van der Waals surface area contributed by atoms with Crippen LogP contribution in [0.2, 0.25) is 0 Å². The molecule has 2 nitrogen and oxygen atoms in total. The van der Waals surface area contributed by atoms with Crippen molar-refractivity contribution < 1.29 is 4.74 Å². The lowest BCUT2D eigenvalue weighted by Crippen LogP contribution is -2.33. The third-order valence-corrected chi connectivity index (χ3v) is 3.18. The number of hydrogen-bond acceptors (Lipinski definition) is 2. The molecule has 1 heterocycles. The lowest BCUT2D eigenvalue weighted by Gasteiger charge is -2.25. The summed E-state index contributed by atoms with van der Waals surface area (Å²) in [5, 5.41) is 3.42. The standard InChI is InChI=1S/C15H15NO/c1-11-7-9-12(10-8-11)15(2)16-13-5-3-4-6-14(13)17-15/h3-10,16H,1-2H3. The molecule has 0 aliphatic carbocycles. The molecule has 17 heavy (non-hydrogen) atoms. The maximum absolute atomic E-state index is 6.01. The Balaban J connectivity index is 1.98. The normalized spacial score (nSPS) is 21.5. The van der Waals surface area contributed by atoms with E-state index in [-0.39, 0.29) is 0 Å². The summed E-state index contributed by atoms with van der Waals surface area (Å²) >= 11 is 0. The minimum atomic E-state index is -0.461. The molecule has 1 aliphatic rings. The van der Waals surface area contributed by atoms with Crippen LogP contribution in [0.1, 0.15) is 18.1 Å². The van der Waals surface area contributed by atoms with Crippen LogP contribution >= 0.6 is 0 Å². The van der Waals surface area contributed by atoms with E-state index in [9.17, 15) is 0 Å². The zero-order valence-electron chi connectivity index (χ0n) is 10.0. The van der Waals surface area contributed by atoms with Crippen molar-refractivity contribution in [2.45, 2.75) is 19.6 Å². The maximum atomic E-state index is 6.01. The Hall–Kier alpha value is -1.96. The van der Waals surface area contributed by atoms with E-state index >= 15 is 0 Å². The summed E-state index contributed by atoms with van der Waals surface area (Å²) in [4.78, 5) is 0. The lowest BCUT2D eigenvalue weighted by molar-refractivity contribution is 0.140. The van der Waals surface area contributed by atoms with Gasteiger partial charge in [0.05, 0.1) is 5.69 Å². The van der Waals surface area contributed by atoms with Crippen molar-refractivity contribution in [1.82, 2.24) is 0 Å². The summed E-state index contributed by atoms with van der Waals surface area (Å²) in [5.74, 6) is 0.913. The maximum Gasteiger partial charge on any atom is 0.204 e. The van der Waals surface area contributed by atoms with E-state index < -0.39 is 5.72 Å². The number of hydrogen-bond donors (Lipinski definition) is 1. The van der Waals surface area contributed by atoms with E-state index in [0.29, 0.717) is 0 Å². The minimum Gasteiger partial charge on any atom is -0.462 e. The molecule has 1 aliphatic heterocycles. The van der Waals surface area contributed by atoms with Gasteiger partial charge in [0.2, 0.25) is 5.72 Å². The fraction of sp³-hybridized carbons (Fsp3) is 0.200. The van der Waals surface area contributed by atoms with Gasteiger partial charge in [-0.05, 0) is 26.0 Å². The van der Waals surface area contributed by atoms with Gasteiger partial charge in [0.1, 0.15) is 5.75 Å². The van der Waals surface area contributed by atoms with E-state index in [4.69, 9.17) is 4.74 Å². The van der Waals surface area contributed by atoms with Gasteiger partial charge in [-0.1, -0.05) is 42.0 Å². The van der Waals surface area contributed by atoms with Crippen LogP contribution in [0.4, 0.5) is 5.69 Å². The summed E-state index contributed by atoms with van der Waals surface area (Å²) in [6, 6.07) is 16.4. The second-order valence-electron chi connectivity index (χ2n) is 4.62. The Labute approximate surface area is 101 Å². The van der Waals surface area contributed by atoms with Gasteiger partial charge in [0, 0.05) is 5.56 Å². The molecule has 3 rings (SSSR count). The highest BCUT2D eigenvalue weighted by molar-refractivity contribution is 5.62. The number of nitrogens with one attached hydrogen (secondary N) is 1. The zero-order chi connectivity index (χ0) is 11.9. The zero-order valence-corrected chi connectivity index (χ0v) is 10.0. The first-order valence-corrected chi connectivity index (χ1v) is 5.81. The average Bonchev–Trinajstić information content (AvgIpc) is 2.67. The van der Waals surface area contributed by atoms with E-state index in [1.54, 1.807) is 0 Å². The minimum absolute atomic E-state index is 0.461. The number of anilines is 1. The molecular weight excluding hydrogens is 210 g/mol. The van der Waals surface area contributed by atoms with Crippen LogP contribution in [-0.4, -0.2) is 0 Å². The predicted molar refractivity (Wildman–Crippen MR) is 69.2 cm³/mol. The SMILES string of the molecule is Cc1ccc(C2(C)Nc3ccccc3O2)cc1. The van der Waals surface area contributed by atoms with Gasteiger partial charge in [0.25, 0.3) is 0 Å². The molecule has 1 N–H and O–H groups in total. The van der Waals surface area contributed by atoms with E-state index in [1.165, 1.54) is 5.56 Å². The van der Waals surface area contributed by atoms with Gasteiger partial charge < -0.3 is 10.1 Å². The van der Waals surface area contributed by atoms with E-state index in [2.05, 4.69) is 43.4 Å². The number of ether oxygens (including phenoxy) is 1. The molecule has 0 radical (unpaired) electrons. The summed E-state index contributed by atoms with van der Waals surface area (Å²) in [5.41, 5.74) is 2.99. The summed E-state index contributed by atoms with van der Waals surface area (Å²) in [6.07, 6.45) is 0. The molecule has 0 bridgehead atoms. The topological polar surface area (TPSA) is 21.3 Å². The highest BCUT2D eigenvalue weighted by atomic mass is 16.5. The first-order chi connectivity index (χ1) is 8.17. The lowest BCUT2D eigenvalue weighted by atomic mass is 10.0. The van der Waals surface area contributed by atoms with Gasteiger partial charge in [-0.2, -0.15) is 0 Å². The van der Waals surface area contributed by atoms with Crippen molar-refractivity contribution in [3.05, 3.63) is 59.7 Å². The van der Waals surface area contributed by atoms with Crippen LogP contribution in [0.25, 0.3) is 0 Å². The Bertz CT molecular complexity index is 520.